The van der Waals surface area contributed by atoms with Gasteiger partial charge in [0.25, 0.3) is 0 Å². The number of halogens is 1. The highest BCUT2D eigenvalue weighted by atomic mass is 35.5. The molecule has 0 amide bonds. The van der Waals surface area contributed by atoms with E-state index in [1.165, 1.54) is 0 Å². The quantitative estimate of drug-likeness (QED) is 0.572. The van der Waals surface area contributed by atoms with E-state index in [0.717, 1.165) is 16.2 Å². The van der Waals surface area contributed by atoms with Crippen molar-refractivity contribution < 1.29 is 0 Å². The number of benzene rings is 1. The van der Waals surface area contributed by atoms with Gasteiger partial charge in [0.1, 0.15) is 0 Å². The van der Waals surface area contributed by atoms with Crippen LogP contribution in [0.3, 0.4) is 0 Å². The molecule has 1 aromatic carbocycles. The monoisotopic (exact) mass is 174 g/mol. The van der Waals surface area contributed by atoms with Crippen LogP contribution in [0.15, 0.2) is 48.2 Å². The molecule has 0 fully saturated rings. The second kappa shape index (κ2) is 3.02. The van der Waals surface area contributed by atoms with E-state index in [4.69, 9.17) is 11.6 Å². The molecule has 0 bridgehead atoms. The maximum absolute atomic E-state index is 5.76. The summed E-state index contributed by atoms with van der Waals surface area (Å²) in [6.45, 7) is 0. The Balaban J connectivity index is 2.42. The maximum atomic E-state index is 5.76. The van der Waals surface area contributed by atoms with Crippen molar-refractivity contribution in [2.75, 3.05) is 0 Å². The van der Waals surface area contributed by atoms with Crippen molar-refractivity contribution in [2.24, 2.45) is 0 Å². The van der Waals surface area contributed by atoms with Crippen molar-refractivity contribution in [2.45, 2.75) is 0 Å². The molecule has 0 unspecified atom stereocenters. The fourth-order valence-corrected chi connectivity index (χ4v) is 1.27. The molecule has 2 rings (SSSR count). The molecule has 0 radical (unpaired) electrons. The third-order valence-electron chi connectivity index (χ3n) is 1.75. The third kappa shape index (κ3) is 1.35. The zero-order valence-corrected chi connectivity index (χ0v) is 7.18. The molecule has 1 aliphatic carbocycles. The summed E-state index contributed by atoms with van der Waals surface area (Å²) >= 11 is 5.76. The number of hydrogen-bond acceptors (Lipinski definition) is 0. The van der Waals surface area contributed by atoms with Gasteiger partial charge in [0.05, 0.1) is 0 Å². The van der Waals surface area contributed by atoms with Crippen LogP contribution < -0.4 is 0 Å². The molecule has 1 heteroatoms. The summed E-state index contributed by atoms with van der Waals surface area (Å²) in [5.41, 5.74) is 5.40. The van der Waals surface area contributed by atoms with E-state index >= 15 is 0 Å². The van der Waals surface area contributed by atoms with Crippen molar-refractivity contribution in [3.63, 3.8) is 0 Å². The Bertz CT molecular complexity index is 376. The van der Waals surface area contributed by atoms with Gasteiger partial charge in [-0.2, -0.15) is 0 Å². The lowest BCUT2D eigenvalue weighted by atomic mass is 10.1. The molecule has 0 atom stereocenters. The Kier molecular flexibility index (Phi) is 1.87. The Morgan fingerprint density at radius 1 is 1.08 bits per heavy atom. The normalized spacial score (nSPS) is 13.6. The summed E-state index contributed by atoms with van der Waals surface area (Å²) in [5.74, 6) is 0. The summed E-state index contributed by atoms with van der Waals surface area (Å²) in [6, 6.07) is 7.76. The van der Waals surface area contributed by atoms with E-state index in [1.807, 2.05) is 42.5 Å². The van der Waals surface area contributed by atoms with Crippen LogP contribution >= 0.6 is 11.6 Å². The minimum Gasteiger partial charge on any atom is -0.112 e. The lowest BCUT2D eigenvalue weighted by Gasteiger charge is -1.96. The van der Waals surface area contributed by atoms with Crippen LogP contribution in [-0.2, 0) is 0 Å². The summed E-state index contributed by atoms with van der Waals surface area (Å²) in [7, 11) is 0. The van der Waals surface area contributed by atoms with Gasteiger partial charge in [-0.25, -0.2) is 0 Å². The second-order valence-electron chi connectivity index (χ2n) is 2.59. The van der Waals surface area contributed by atoms with Gasteiger partial charge in [0.15, 0.2) is 0 Å². The molecule has 58 valence electrons. The van der Waals surface area contributed by atoms with E-state index in [1.54, 1.807) is 0 Å². The van der Waals surface area contributed by atoms with Crippen LogP contribution in [-0.4, -0.2) is 0 Å². The van der Waals surface area contributed by atoms with Gasteiger partial charge in [0.2, 0.25) is 0 Å². The molecule has 0 aromatic heterocycles. The second-order valence-corrected chi connectivity index (χ2v) is 3.03. The number of hydrogen-bond donors (Lipinski definition) is 0. The number of rotatable bonds is 1. The Labute approximate surface area is 76.5 Å². The number of allylic oxidation sites excluding steroid dienone is 3. The van der Waals surface area contributed by atoms with E-state index in [0.29, 0.717) is 0 Å². The van der Waals surface area contributed by atoms with Gasteiger partial charge in [-0.05, 0) is 29.8 Å². The molecule has 0 N–H and O–H groups in total. The lowest BCUT2D eigenvalue weighted by Crippen LogP contribution is -1.76. The third-order valence-corrected chi connectivity index (χ3v) is 2.01. The Hall–Kier alpha value is -1.23. The van der Waals surface area contributed by atoms with Crippen LogP contribution in [0.25, 0.3) is 5.57 Å². The molecule has 0 nitrogen and oxygen atoms in total. The van der Waals surface area contributed by atoms with Gasteiger partial charge < -0.3 is 0 Å². The topological polar surface area (TPSA) is 0 Å². The van der Waals surface area contributed by atoms with Crippen molar-refractivity contribution in [3.8, 4) is 0 Å². The zero-order valence-electron chi connectivity index (χ0n) is 6.42. The molecular weight excluding hydrogens is 168 g/mol. The zero-order chi connectivity index (χ0) is 8.39. The fraction of sp³-hybridized carbons (Fsp3) is 0. The highest BCUT2D eigenvalue weighted by Gasteiger charge is 1.97. The SMILES string of the molecule is Clc1ccc(C2=C=CC=C2)cc1. The predicted octanol–water partition coefficient (Wildman–Crippen LogP) is 3.45. The first-order valence-corrected chi connectivity index (χ1v) is 4.13. The summed E-state index contributed by atoms with van der Waals surface area (Å²) < 4.78 is 0. The van der Waals surface area contributed by atoms with E-state index < -0.39 is 0 Å². The van der Waals surface area contributed by atoms with Crippen molar-refractivity contribution in [3.05, 3.63) is 58.8 Å². The molecule has 0 saturated heterocycles. The van der Waals surface area contributed by atoms with E-state index in [9.17, 15) is 0 Å². The summed E-state index contributed by atoms with van der Waals surface area (Å²) in [5, 5.41) is 0.769. The average molecular weight is 175 g/mol. The lowest BCUT2D eigenvalue weighted by molar-refractivity contribution is 1.63. The van der Waals surface area contributed by atoms with Gasteiger partial charge in [-0.3, -0.25) is 0 Å². The molecule has 0 spiro atoms. The van der Waals surface area contributed by atoms with Crippen LogP contribution in [0.5, 0.6) is 0 Å². The molecule has 0 aliphatic heterocycles. The van der Waals surface area contributed by atoms with Gasteiger partial charge >= 0.3 is 0 Å². The van der Waals surface area contributed by atoms with E-state index in [2.05, 4.69) is 5.73 Å². The van der Waals surface area contributed by atoms with E-state index in [-0.39, 0.29) is 0 Å². The van der Waals surface area contributed by atoms with Crippen LogP contribution in [0.2, 0.25) is 5.02 Å². The minimum absolute atomic E-state index is 0.769. The molecule has 1 aliphatic rings. The Morgan fingerprint density at radius 2 is 1.83 bits per heavy atom. The molecule has 1 aromatic rings. The van der Waals surface area contributed by atoms with Crippen LogP contribution in [0.4, 0.5) is 0 Å². The van der Waals surface area contributed by atoms with Gasteiger partial charge in [-0.1, -0.05) is 29.8 Å². The van der Waals surface area contributed by atoms with Crippen molar-refractivity contribution in [1.82, 2.24) is 0 Å². The predicted molar refractivity (Wildman–Crippen MR) is 52.1 cm³/mol. The molecular formula is C11H7Cl. The van der Waals surface area contributed by atoms with Crippen molar-refractivity contribution in [1.29, 1.82) is 0 Å². The molecule has 0 saturated carbocycles. The Morgan fingerprint density at radius 3 is 2.42 bits per heavy atom. The van der Waals surface area contributed by atoms with Crippen LogP contribution in [0.1, 0.15) is 5.56 Å². The largest absolute Gasteiger partial charge is 0.112 e. The fourth-order valence-electron chi connectivity index (χ4n) is 1.14. The van der Waals surface area contributed by atoms with Gasteiger partial charge in [-0.15, -0.1) is 5.73 Å². The standard InChI is InChI=1S/C11H7Cl/c12-11-7-5-10(6-8-11)9-3-1-2-4-9/h1-3,5-8H. The molecule has 0 heterocycles. The summed E-state index contributed by atoms with van der Waals surface area (Å²) in [6.07, 6.45) is 5.91. The van der Waals surface area contributed by atoms with Gasteiger partial charge in [0, 0.05) is 10.6 Å². The summed E-state index contributed by atoms with van der Waals surface area (Å²) in [4.78, 5) is 0. The minimum atomic E-state index is 0.769. The average Bonchev–Trinajstić information content (AvgIpc) is 2.58. The smallest absolute Gasteiger partial charge is 0.0406 e. The van der Waals surface area contributed by atoms with Crippen LogP contribution in [0, 0.1) is 0 Å². The maximum Gasteiger partial charge on any atom is 0.0406 e. The highest BCUT2D eigenvalue weighted by molar-refractivity contribution is 6.30. The first kappa shape index (κ1) is 7.42. The van der Waals surface area contributed by atoms with Crippen molar-refractivity contribution >= 4 is 17.2 Å². The first-order chi connectivity index (χ1) is 5.86. The molecule has 12 heavy (non-hydrogen) atoms. The first-order valence-electron chi connectivity index (χ1n) is 3.75. The highest BCUT2D eigenvalue weighted by Crippen LogP contribution is 2.19.